The van der Waals surface area contributed by atoms with Crippen LogP contribution in [0.5, 0.6) is 5.75 Å². The third-order valence-electron chi connectivity index (χ3n) is 3.88. The minimum absolute atomic E-state index is 0. The fraction of sp³-hybridized carbons (Fsp3) is 0.300. The molecule has 0 spiro atoms. The predicted molar refractivity (Wildman–Crippen MR) is 125 cm³/mol. The summed E-state index contributed by atoms with van der Waals surface area (Å²) in [4.78, 5) is 16.3. The number of aliphatic imine (C=N–C) groups is 1. The Kier molecular flexibility index (Phi) is 11.4. The highest BCUT2D eigenvalue weighted by Gasteiger charge is 2.06. The molecule has 0 radical (unpaired) electrons. The summed E-state index contributed by atoms with van der Waals surface area (Å²) in [7, 11) is 3.29. The molecule has 0 aliphatic heterocycles. The fourth-order valence-electron chi connectivity index (χ4n) is 2.42. The average Bonchev–Trinajstić information content (AvgIpc) is 2.71. The summed E-state index contributed by atoms with van der Waals surface area (Å²) in [5, 5.41) is 10.0. The summed E-state index contributed by atoms with van der Waals surface area (Å²) in [5.74, 6) is 1.21. The van der Waals surface area contributed by atoms with E-state index in [-0.39, 0.29) is 29.9 Å². The van der Waals surface area contributed by atoms with Crippen LogP contribution < -0.4 is 20.7 Å². The number of rotatable bonds is 8. The van der Waals surface area contributed by atoms with Crippen molar-refractivity contribution in [3.63, 3.8) is 0 Å². The Morgan fingerprint density at radius 2 is 1.71 bits per heavy atom. The Labute approximate surface area is 188 Å². The van der Waals surface area contributed by atoms with Crippen LogP contribution in [-0.2, 0) is 6.42 Å². The van der Waals surface area contributed by atoms with Gasteiger partial charge in [0, 0.05) is 37.3 Å². The second kappa shape index (κ2) is 13.2. The van der Waals surface area contributed by atoms with E-state index in [1.165, 1.54) is 5.56 Å². The van der Waals surface area contributed by atoms with Gasteiger partial charge in [-0.3, -0.25) is 9.79 Å². The molecule has 2 aromatic carbocycles. The zero-order chi connectivity index (χ0) is 19.5. The summed E-state index contributed by atoms with van der Waals surface area (Å²) >= 11 is 5.89. The lowest BCUT2D eigenvalue weighted by Crippen LogP contribution is -2.42. The minimum Gasteiger partial charge on any atom is -0.497 e. The van der Waals surface area contributed by atoms with Gasteiger partial charge in [-0.1, -0.05) is 29.8 Å². The maximum absolute atomic E-state index is 12.1. The zero-order valence-electron chi connectivity index (χ0n) is 16.0. The molecule has 6 nitrogen and oxygen atoms in total. The highest BCUT2D eigenvalue weighted by atomic mass is 127. The van der Waals surface area contributed by atoms with Crippen molar-refractivity contribution < 1.29 is 9.53 Å². The Morgan fingerprint density at radius 1 is 1.04 bits per heavy atom. The Morgan fingerprint density at radius 3 is 2.39 bits per heavy atom. The van der Waals surface area contributed by atoms with Gasteiger partial charge >= 0.3 is 0 Å². The van der Waals surface area contributed by atoms with Gasteiger partial charge in [0.25, 0.3) is 5.91 Å². The van der Waals surface area contributed by atoms with Crippen LogP contribution in [0.3, 0.4) is 0 Å². The highest BCUT2D eigenvalue weighted by Crippen LogP contribution is 2.12. The normalized spacial score (nSPS) is 10.6. The fourth-order valence-corrected chi connectivity index (χ4v) is 2.55. The standard InChI is InChI=1S/C20H25ClN4O2.HI/c1-22-20(24-11-10-15-6-8-17(21)9-7-15)25-13-12-23-19(26)16-4-3-5-18(14-16)27-2;/h3-9,14H,10-13H2,1-2H3,(H,23,26)(H2,22,24,25);1H. The first-order valence-corrected chi connectivity index (χ1v) is 9.11. The van der Waals surface area contributed by atoms with Gasteiger partial charge in [0.15, 0.2) is 5.96 Å². The maximum Gasteiger partial charge on any atom is 0.251 e. The number of nitrogens with one attached hydrogen (secondary N) is 3. The topological polar surface area (TPSA) is 74.8 Å². The lowest BCUT2D eigenvalue weighted by atomic mass is 10.1. The SMILES string of the molecule is CN=C(NCCNC(=O)c1cccc(OC)c1)NCCc1ccc(Cl)cc1.I. The molecule has 152 valence electrons. The molecule has 0 aromatic heterocycles. The number of methoxy groups -OCH3 is 1. The van der Waals surface area contributed by atoms with Gasteiger partial charge in [0.2, 0.25) is 0 Å². The van der Waals surface area contributed by atoms with E-state index in [9.17, 15) is 4.79 Å². The quantitative estimate of drug-likeness (QED) is 0.218. The molecule has 8 heteroatoms. The zero-order valence-corrected chi connectivity index (χ0v) is 19.1. The van der Waals surface area contributed by atoms with Crippen molar-refractivity contribution in [2.75, 3.05) is 33.8 Å². The third-order valence-corrected chi connectivity index (χ3v) is 4.13. The van der Waals surface area contributed by atoms with Crippen LogP contribution in [0.1, 0.15) is 15.9 Å². The summed E-state index contributed by atoms with van der Waals surface area (Å²) in [6, 6.07) is 14.8. The van der Waals surface area contributed by atoms with E-state index in [1.54, 1.807) is 38.4 Å². The highest BCUT2D eigenvalue weighted by molar-refractivity contribution is 14.0. The van der Waals surface area contributed by atoms with Gasteiger partial charge in [-0.05, 0) is 42.3 Å². The monoisotopic (exact) mass is 516 g/mol. The molecule has 0 saturated heterocycles. The molecule has 0 unspecified atom stereocenters. The molecule has 0 bridgehead atoms. The number of guanidine groups is 1. The van der Waals surface area contributed by atoms with Gasteiger partial charge in [-0.2, -0.15) is 0 Å². The molecule has 0 fully saturated rings. The second-order valence-electron chi connectivity index (χ2n) is 5.79. The van der Waals surface area contributed by atoms with E-state index in [1.807, 2.05) is 24.3 Å². The first-order valence-electron chi connectivity index (χ1n) is 8.73. The van der Waals surface area contributed by atoms with Gasteiger partial charge in [0.05, 0.1) is 7.11 Å². The molecule has 0 saturated carbocycles. The first-order chi connectivity index (χ1) is 13.1. The van der Waals surface area contributed by atoms with Crippen LogP contribution in [-0.4, -0.2) is 45.7 Å². The molecule has 28 heavy (non-hydrogen) atoms. The van der Waals surface area contributed by atoms with Crippen molar-refractivity contribution in [3.05, 3.63) is 64.7 Å². The smallest absolute Gasteiger partial charge is 0.251 e. The number of amides is 1. The first kappa shape index (κ1) is 24.0. The average molecular weight is 517 g/mol. The molecule has 0 aliphatic rings. The van der Waals surface area contributed by atoms with Gasteiger partial charge in [-0.15, -0.1) is 24.0 Å². The summed E-state index contributed by atoms with van der Waals surface area (Å²) in [6.07, 6.45) is 0.866. The summed E-state index contributed by atoms with van der Waals surface area (Å²) in [5.41, 5.74) is 1.77. The number of ether oxygens (including phenoxy) is 1. The number of benzene rings is 2. The Bertz CT molecular complexity index is 769. The van der Waals surface area contributed by atoms with E-state index >= 15 is 0 Å². The van der Waals surface area contributed by atoms with E-state index < -0.39 is 0 Å². The Hall–Kier alpha value is -2.00. The molecule has 2 aromatic rings. The van der Waals surface area contributed by atoms with Crippen LogP contribution in [0.15, 0.2) is 53.5 Å². The molecule has 2 rings (SSSR count). The molecular formula is C20H26ClIN4O2. The lowest BCUT2D eigenvalue weighted by Gasteiger charge is -2.12. The van der Waals surface area contributed by atoms with Crippen LogP contribution in [0.2, 0.25) is 5.02 Å². The second-order valence-corrected chi connectivity index (χ2v) is 6.23. The third kappa shape index (κ3) is 8.35. The van der Waals surface area contributed by atoms with Gasteiger partial charge in [-0.25, -0.2) is 0 Å². The van der Waals surface area contributed by atoms with Crippen molar-refractivity contribution in [1.82, 2.24) is 16.0 Å². The summed E-state index contributed by atoms with van der Waals surface area (Å²) < 4.78 is 5.13. The number of carbonyl (C=O) groups is 1. The molecule has 0 aliphatic carbocycles. The molecule has 0 heterocycles. The molecule has 0 atom stereocenters. The van der Waals surface area contributed by atoms with Crippen molar-refractivity contribution in [1.29, 1.82) is 0 Å². The lowest BCUT2D eigenvalue weighted by molar-refractivity contribution is 0.0954. The maximum atomic E-state index is 12.1. The van der Waals surface area contributed by atoms with Crippen molar-refractivity contribution in [2.24, 2.45) is 4.99 Å². The van der Waals surface area contributed by atoms with E-state index in [0.717, 1.165) is 18.0 Å². The van der Waals surface area contributed by atoms with Gasteiger partial charge in [0.1, 0.15) is 5.75 Å². The number of hydrogen-bond acceptors (Lipinski definition) is 3. The van der Waals surface area contributed by atoms with Gasteiger partial charge < -0.3 is 20.7 Å². The van der Waals surface area contributed by atoms with Crippen molar-refractivity contribution >= 4 is 47.4 Å². The van der Waals surface area contributed by atoms with Crippen LogP contribution in [0.25, 0.3) is 0 Å². The molecular weight excluding hydrogens is 491 g/mol. The van der Waals surface area contributed by atoms with E-state index in [0.29, 0.717) is 30.4 Å². The van der Waals surface area contributed by atoms with Crippen LogP contribution >= 0.6 is 35.6 Å². The van der Waals surface area contributed by atoms with Crippen molar-refractivity contribution in [3.8, 4) is 5.75 Å². The molecule has 3 N–H and O–H groups in total. The van der Waals surface area contributed by atoms with Crippen LogP contribution in [0, 0.1) is 0 Å². The molecule has 1 amide bonds. The number of hydrogen-bond donors (Lipinski definition) is 3. The van der Waals surface area contributed by atoms with E-state index in [2.05, 4.69) is 20.9 Å². The van der Waals surface area contributed by atoms with Crippen molar-refractivity contribution in [2.45, 2.75) is 6.42 Å². The Balaban J connectivity index is 0.00000392. The predicted octanol–water partition coefficient (Wildman–Crippen LogP) is 3.10. The van der Waals surface area contributed by atoms with Crippen LogP contribution in [0.4, 0.5) is 0 Å². The largest absolute Gasteiger partial charge is 0.497 e. The number of carbonyl (C=O) groups excluding carboxylic acids is 1. The number of halogens is 2. The number of nitrogens with zero attached hydrogens (tertiary/aromatic N) is 1. The van der Waals surface area contributed by atoms with E-state index in [4.69, 9.17) is 16.3 Å². The minimum atomic E-state index is -0.138. The summed E-state index contributed by atoms with van der Waals surface area (Å²) in [6.45, 7) is 1.79.